The maximum absolute atomic E-state index is 13.1. The Bertz CT molecular complexity index is 348. The highest BCUT2D eigenvalue weighted by molar-refractivity contribution is 5.89. The first-order valence-corrected chi connectivity index (χ1v) is 3.36. The molecule has 0 aliphatic rings. The Kier molecular flexibility index (Phi) is 2.36. The quantitative estimate of drug-likeness (QED) is 0.729. The lowest BCUT2D eigenvalue weighted by Crippen LogP contribution is -2.02. The molecule has 0 saturated heterocycles. The summed E-state index contributed by atoms with van der Waals surface area (Å²) in [5.74, 6) is -3.09. The smallest absolute Gasteiger partial charge is 0.338 e. The van der Waals surface area contributed by atoms with Gasteiger partial charge in [0.15, 0.2) is 11.6 Å². The summed E-state index contributed by atoms with van der Waals surface area (Å²) in [5, 5.41) is 17.5. The van der Waals surface area contributed by atoms with Crippen LogP contribution in [0.15, 0.2) is 12.1 Å². The summed E-state index contributed by atoms with van der Waals surface area (Å²) in [6.07, 6.45) is 0. The molecule has 0 aromatic heterocycles. The normalized spacial score (nSPS) is 9.69. The number of phenolic OH excluding ortho intramolecular Hbond substituents is 1. The largest absolute Gasteiger partial charge is 0.508 e. The Labute approximate surface area is 73.2 Å². The number of carboxylic acid groups (broad SMARTS) is 1. The number of halogens is 1. The fourth-order valence-corrected chi connectivity index (χ4v) is 0.887. The van der Waals surface area contributed by atoms with Crippen LogP contribution in [0.4, 0.5) is 4.39 Å². The van der Waals surface area contributed by atoms with Gasteiger partial charge < -0.3 is 14.9 Å². The number of rotatable bonds is 2. The van der Waals surface area contributed by atoms with E-state index in [0.717, 1.165) is 12.1 Å². The molecule has 0 atom stereocenters. The zero-order valence-electron chi connectivity index (χ0n) is 6.74. The summed E-state index contributed by atoms with van der Waals surface area (Å²) in [7, 11) is 1.18. The van der Waals surface area contributed by atoms with Crippen LogP contribution in [0.3, 0.4) is 0 Å². The molecule has 4 nitrogen and oxygen atoms in total. The Morgan fingerprint density at radius 1 is 1.54 bits per heavy atom. The fourth-order valence-electron chi connectivity index (χ4n) is 0.887. The third-order valence-corrected chi connectivity index (χ3v) is 1.47. The van der Waals surface area contributed by atoms with Crippen molar-refractivity contribution in [1.82, 2.24) is 0 Å². The van der Waals surface area contributed by atoms with Gasteiger partial charge in [0, 0.05) is 6.07 Å². The van der Waals surface area contributed by atoms with Crippen LogP contribution in [-0.2, 0) is 0 Å². The zero-order chi connectivity index (χ0) is 10.0. The molecular formula is C8H7FO4. The van der Waals surface area contributed by atoms with E-state index in [9.17, 15) is 9.18 Å². The van der Waals surface area contributed by atoms with Crippen LogP contribution in [-0.4, -0.2) is 23.3 Å². The molecule has 0 heterocycles. The van der Waals surface area contributed by atoms with Crippen molar-refractivity contribution >= 4 is 5.97 Å². The van der Waals surface area contributed by atoms with Gasteiger partial charge in [0.2, 0.25) is 0 Å². The molecule has 0 saturated carbocycles. The molecule has 1 rings (SSSR count). The van der Waals surface area contributed by atoms with Crippen LogP contribution >= 0.6 is 0 Å². The molecule has 0 aliphatic heterocycles. The first-order valence-electron chi connectivity index (χ1n) is 3.36. The third kappa shape index (κ3) is 1.69. The van der Waals surface area contributed by atoms with E-state index < -0.39 is 17.3 Å². The maximum atomic E-state index is 13.1. The van der Waals surface area contributed by atoms with Crippen molar-refractivity contribution in [3.8, 4) is 11.5 Å². The van der Waals surface area contributed by atoms with Crippen LogP contribution in [0.25, 0.3) is 0 Å². The molecular weight excluding hydrogens is 179 g/mol. The Morgan fingerprint density at radius 3 is 2.62 bits per heavy atom. The number of hydrogen-bond donors (Lipinski definition) is 2. The van der Waals surface area contributed by atoms with Gasteiger partial charge in [0.25, 0.3) is 0 Å². The second-order valence-corrected chi connectivity index (χ2v) is 2.31. The first kappa shape index (κ1) is 9.31. The van der Waals surface area contributed by atoms with E-state index in [1.807, 2.05) is 0 Å². The van der Waals surface area contributed by atoms with Gasteiger partial charge in [-0.05, 0) is 6.07 Å². The van der Waals surface area contributed by atoms with Gasteiger partial charge in [-0.1, -0.05) is 0 Å². The Hall–Kier alpha value is -1.78. The molecule has 70 valence electrons. The van der Waals surface area contributed by atoms with Gasteiger partial charge in [-0.2, -0.15) is 0 Å². The lowest BCUT2D eigenvalue weighted by Gasteiger charge is -2.04. The van der Waals surface area contributed by atoms with Gasteiger partial charge in [0.05, 0.1) is 7.11 Å². The molecule has 0 fully saturated rings. The predicted octanol–water partition coefficient (Wildman–Crippen LogP) is 1.24. The van der Waals surface area contributed by atoms with Crippen molar-refractivity contribution in [2.75, 3.05) is 7.11 Å². The average Bonchev–Trinajstić information content (AvgIpc) is 2.08. The molecule has 2 N–H and O–H groups in total. The SMILES string of the molecule is COc1cc(O)cc(C(=O)O)c1F. The van der Waals surface area contributed by atoms with Crippen LogP contribution in [0, 0.1) is 5.82 Å². The monoisotopic (exact) mass is 186 g/mol. The Balaban J connectivity index is 3.35. The molecule has 13 heavy (non-hydrogen) atoms. The molecule has 0 aliphatic carbocycles. The minimum Gasteiger partial charge on any atom is -0.508 e. The summed E-state index contributed by atoms with van der Waals surface area (Å²) in [6.45, 7) is 0. The van der Waals surface area contributed by atoms with Crippen LogP contribution < -0.4 is 4.74 Å². The van der Waals surface area contributed by atoms with Gasteiger partial charge in [-0.25, -0.2) is 9.18 Å². The number of benzene rings is 1. The molecule has 1 aromatic carbocycles. The van der Waals surface area contributed by atoms with E-state index in [-0.39, 0.29) is 11.5 Å². The van der Waals surface area contributed by atoms with Gasteiger partial charge >= 0.3 is 5.97 Å². The molecule has 0 radical (unpaired) electrons. The fraction of sp³-hybridized carbons (Fsp3) is 0.125. The topological polar surface area (TPSA) is 66.8 Å². The molecule has 0 spiro atoms. The summed E-state index contributed by atoms with van der Waals surface area (Å²) in [4.78, 5) is 10.4. The second-order valence-electron chi connectivity index (χ2n) is 2.31. The van der Waals surface area contributed by atoms with E-state index in [4.69, 9.17) is 10.2 Å². The van der Waals surface area contributed by atoms with Crippen molar-refractivity contribution in [3.63, 3.8) is 0 Å². The van der Waals surface area contributed by atoms with Gasteiger partial charge in [-0.3, -0.25) is 0 Å². The van der Waals surface area contributed by atoms with Gasteiger partial charge in [-0.15, -0.1) is 0 Å². The highest BCUT2D eigenvalue weighted by Crippen LogP contribution is 2.26. The molecule has 0 unspecified atom stereocenters. The van der Waals surface area contributed by atoms with Crippen molar-refractivity contribution in [2.45, 2.75) is 0 Å². The van der Waals surface area contributed by atoms with E-state index in [1.54, 1.807) is 0 Å². The number of carboxylic acids is 1. The van der Waals surface area contributed by atoms with E-state index in [1.165, 1.54) is 7.11 Å². The highest BCUT2D eigenvalue weighted by Gasteiger charge is 2.16. The van der Waals surface area contributed by atoms with Crippen LogP contribution in [0.1, 0.15) is 10.4 Å². The lowest BCUT2D eigenvalue weighted by atomic mass is 10.2. The van der Waals surface area contributed by atoms with Crippen molar-refractivity contribution in [3.05, 3.63) is 23.5 Å². The van der Waals surface area contributed by atoms with Crippen molar-refractivity contribution in [2.24, 2.45) is 0 Å². The van der Waals surface area contributed by atoms with Crippen molar-refractivity contribution in [1.29, 1.82) is 0 Å². The minimum absolute atomic E-state index is 0.294. The zero-order valence-corrected chi connectivity index (χ0v) is 6.74. The summed E-state index contributed by atoms with van der Waals surface area (Å²) < 4.78 is 17.6. The Morgan fingerprint density at radius 2 is 2.15 bits per heavy atom. The van der Waals surface area contributed by atoms with Gasteiger partial charge in [0.1, 0.15) is 11.3 Å². The second kappa shape index (κ2) is 3.30. The number of carbonyl (C=O) groups is 1. The minimum atomic E-state index is -1.45. The predicted molar refractivity (Wildman–Crippen MR) is 41.6 cm³/mol. The van der Waals surface area contributed by atoms with E-state index >= 15 is 0 Å². The number of methoxy groups -OCH3 is 1. The number of aromatic hydroxyl groups is 1. The average molecular weight is 186 g/mol. The highest BCUT2D eigenvalue weighted by atomic mass is 19.1. The number of phenols is 1. The number of aromatic carboxylic acids is 1. The molecule has 0 bridgehead atoms. The lowest BCUT2D eigenvalue weighted by molar-refractivity contribution is 0.0690. The van der Waals surface area contributed by atoms with Crippen LogP contribution in [0.2, 0.25) is 0 Å². The summed E-state index contributed by atoms with van der Waals surface area (Å²) in [5.41, 5.74) is -0.614. The van der Waals surface area contributed by atoms with E-state index in [0.29, 0.717) is 0 Å². The summed E-state index contributed by atoms with van der Waals surface area (Å²) in [6, 6.07) is 1.82. The molecule has 0 amide bonds. The molecule has 5 heteroatoms. The maximum Gasteiger partial charge on any atom is 0.338 e. The van der Waals surface area contributed by atoms with Crippen molar-refractivity contribution < 1.29 is 24.1 Å². The number of hydrogen-bond acceptors (Lipinski definition) is 3. The molecule has 1 aromatic rings. The number of ether oxygens (including phenoxy) is 1. The third-order valence-electron chi connectivity index (χ3n) is 1.47. The van der Waals surface area contributed by atoms with E-state index in [2.05, 4.69) is 4.74 Å². The first-order chi connectivity index (χ1) is 6.06. The summed E-state index contributed by atoms with van der Waals surface area (Å²) >= 11 is 0. The van der Waals surface area contributed by atoms with Crippen LogP contribution in [0.5, 0.6) is 11.5 Å². The standard InChI is InChI=1S/C8H7FO4/c1-13-6-3-4(10)2-5(7(6)9)8(11)12/h2-3,10H,1H3,(H,11,12).